The van der Waals surface area contributed by atoms with E-state index in [1.807, 2.05) is 32.0 Å². The summed E-state index contributed by atoms with van der Waals surface area (Å²) in [7, 11) is -6.64. The van der Waals surface area contributed by atoms with Crippen LogP contribution in [0.5, 0.6) is 0 Å². The highest BCUT2D eigenvalue weighted by Crippen LogP contribution is 2.45. The van der Waals surface area contributed by atoms with Gasteiger partial charge in [0.15, 0.2) is 0 Å². The van der Waals surface area contributed by atoms with Gasteiger partial charge in [0.25, 0.3) is 0 Å². The number of rotatable bonds is 10. The molecule has 31 heavy (non-hydrogen) atoms. The molecule has 0 aliphatic rings. The van der Waals surface area contributed by atoms with Gasteiger partial charge in [-0.15, -0.1) is 0 Å². The van der Waals surface area contributed by atoms with Crippen molar-refractivity contribution in [2.45, 2.75) is 27.7 Å². The molecule has 0 heterocycles. The van der Waals surface area contributed by atoms with Gasteiger partial charge in [0, 0.05) is 18.4 Å². The van der Waals surface area contributed by atoms with E-state index in [0.29, 0.717) is 30.3 Å². The van der Waals surface area contributed by atoms with Gasteiger partial charge in [0.1, 0.15) is 6.16 Å². The molecule has 172 valence electrons. The normalized spacial score (nSPS) is 14.5. The quantitative estimate of drug-likeness (QED) is 0.528. The van der Waals surface area contributed by atoms with Crippen LogP contribution >= 0.6 is 15.0 Å². The molecule has 0 bridgehead atoms. The second-order valence-corrected chi connectivity index (χ2v) is 10.7. The molecule has 0 saturated heterocycles. The van der Waals surface area contributed by atoms with Crippen molar-refractivity contribution in [2.75, 3.05) is 32.5 Å². The summed E-state index contributed by atoms with van der Waals surface area (Å²) in [6, 6.07) is 17.3. The number of carbonyl (C=O) groups is 1. The van der Waals surface area contributed by atoms with Crippen LogP contribution in [0.4, 0.5) is 0 Å². The minimum atomic E-state index is -3.54. The summed E-state index contributed by atoms with van der Waals surface area (Å²) in [5.74, 6) is -0.120. The van der Waals surface area contributed by atoms with E-state index in [9.17, 15) is 18.8 Å². The van der Waals surface area contributed by atoms with Gasteiger partial charge in [-0.1, -0.05) is 36.4 Å². The standard InChI is InChI=1S/C14H22NO3P.C8H11O3P/c1-4-15(5-2)14(16)12-19(17,18-6-3)13-10-8-7-9-11-13;1-2-11-12(9,10)8-6-4-3-5-7-8/h7-11H,4-6,12H2,1-3H3;3-7H,2H2,1H3,(H,9,10). The second-order valence-electron chi connectivity index (χ2n) is 6.42. The first-order valence-electron chi connectivity index (χ1n) is 10.3. The zero-order valence-corrected chi connectivity index (χ0v) is 20.4. The second kappa shape index (κ2) is 13.6. The van der Waals surface area contributed by atoms with E-state index in [-0.39, 0.29) is 18.7 Å². The Morgan fingerprint density at radius 3 is 1.68 bits per heavy atom. The first kappa shape index (κ1) is 27.3. The number of hydrogen-bond acceptors (Lipinski definition) is 5. The van der Waals surface area contributed by atoms with Crippen molar-refractivity contribution in [3.63, 3.8) is 0 Å². The zero-order chi connectivity index (χ0) is 23.3. The summed E-state index contributed by atoms with van der Waals surface area (Å²) < 4.78 is 34.4. The summed E-state index contributed by atoms with van der Waals surface area (Å²) >= 11 is 0. The van der Waals surface area contributed by atoms with Crippen molar-refractivity contribution in [1.82, 2.24) is 4.90 Å². The van der Waals surface area contributed by atoms with Gasteiger partial charge < -0.3 is 18.8 Å². The van der Waals surface area contributed by atoms with Crippen molar-refractivity contribution >= 4 is 31.5 Å². The van der Waals surface area contributed by atoms with Crippen LogP contribution < -0.4 is 10.6 Å². The van der Waals surface area contributed by atoms with Gasteiger partial charge in [-0.05, 0) is 52.0 Å². The zero-order valence-electron chi connectivity index (χ0n) is 18.6. The maximum Gasteiger partial charge on any atom is 0.358 e. The molecule has 0 aliphatic carbocycles. The Labute approximate surface area is 185 Å². The van der Waals surface area contributed by atoms with E-state index in [1.54, 1.807) is 61.2 Å². The van der Waals surface area contributed by atoms with Crippen LogP contribution in [-0.4, -0.2) is 48.2 Å². The summed E-state index contributed by atoms with van der Waals surface area (Å²) in [5.41, 5.74) is 0. The van der Waals surface area contributed by atoms with E-state index in [2.05, 4.69) is 0 Å². The van der Waals surface area contributed by atoms with E-state index in [0.717, 1.165) is 0 Å². The van der Waals surface area contributed by atoms with Crippen molar-refractivity contribution in [3.05, 3.63) is 60.7 Å². The minimum absolute atomic E-state index is 0.0630. The fraction of sp³-hybridized carbons (Fsp3) is 0.409. The van der Waals surface area contributed by atoms with Crippen molar-refractivity contribution in [3.8, 4) is 0 Å². The van der Waals surface area contributed by atoms with Gasteiger partial charge in [-0.3, -0.25) is 13.9 Å². The number of nitrogens with zero attached hydrogens (tertiary/aromatic N) is 1. The molecular weight excluding hydrogens is 436 g/mol. The van der Waals surface area contributed by atoms with Gasteiger partial charge in [-0.2, -0.15) is 0 Å². The molecule has 2 atom stereocenters. The summed E-state index contributed by atoms with van der Waals surface area (Å²) in [5, 5.41) is 0.948. The smallest absolute Gasteiger partial charge is 0.343 e. The average molecular weight is 469 g/mol. The van der Waals surface area contributed by atoms with Crippen molar-refractivity contribution in [2.24, 2.45) is 0 Å². The van der Waals surface area contributed by atoms with Crippen LogP contribution in [0.1, 0.15) is 27.7 Å². The Kier molecular flexibility index (Phi) is 12.0. The van der Waals surface area contributed by atoms with Crippen LogP contribution in [-0.2, 0) is 23.0 Å². The predicted molar refractivity (Wildman–Crippen MR) is 126 cm³/mol. The largest absolute Gasteiger partial charge is 0.358 e. The Morgan fingerprint density at radius 1 is 0.806 bits per heavy atom. The van der Waals surface area contributed by atoms with E-state index in [4.69, 9.17) is 9.05 Å². The minimum Gasteiger partial charge on any atom is -0.343 e. The maximum absolute atomic E-state index is 12.9. The lowest BCUT2D eigenvalue weighted by molar-refractivity contribution is -0.128. The van der Waals surface area contributed by atoms with Gasteiger partial charge >= 0.3 is 7.60 Å². The lowest BCUT2D eigenvalue weighted by Crippen LogP contribution is -2.34. The van der Waals surface area contributed by atoms with Gasteiger partial charge in [0.05, 0.1) is 18.5 Å². The highest BCUT2D eigenvalue weighted by atomic mass is 31.2. The maximum atomic E-state index is 12.9. The molecule has 9 heteroatoms. The third-order valence-corrected chi connectivity index (χ3v) is 8.34. The van der Waals surface area contributed by atoms with Crippen LogP contribution in [0.15, 0.2) is 60.7 Å². The fourth-order valence-corrected chi connectivity index (χ4v) is 5.87. The molecule has 2 rings (SSSR count). The number of amides is 1. The molecule has 7 nitrogen and oxygen atoms in total. The summed E-state index contributed by atoms with van der Waals surface area (Å²) in [4.78, 5) is 23.1. The van der Waals surface area contributed by atoms with Gasteiger partial charge in [0.2, 0.25) is 13.3 Å². The third kappa shape index (κ3) is 8.72. The van der Waals surface area contributed by atoms with Gasteiger partial charge in [-0.25, -0.2) is 0 Å². The molecule has 0 fully saturated rings. The van der Waals surface area contributed by atoms with Crippen molar-refractivity contribution < 1.29 is 27.9 Å². The topological polar surface area (TPSA) is 93.1 Å². The van der Waals surface area contributed by atoms with E-state index >= 15 is 0 Å². The molecule has 0 radical (unpaired) electrons. The monoisotopic (exact) mass is 469 g/mol. The number of carbonyl (C=O) groups excluding carboxylic acids is 1. The van der Waals surface area contributed by atoms with E-state index in [1.165, 1.54) is 0 Å². The predicted octanol–water partition coefficient (Wildman–Crippen LogP) is 4.03. The Bertz CT molecular complexity index is 872. The highest BCUT2D eigenvalue weighted by Gasteiger charge is 2.30. The van der Waals surface area contributed by atoms with Crippen LogP contribution in [0, 0.1) is 0 Å². The Hall–Kier alpha value is -1.75. The molecule has 0 saturated carbocycles. The van der Waals surface area contributed by atoms with Crippen LogP contribution in [0.25, 0.3) is 0 Å². The Morgan fingerprint density at radius 2 is 1.26 bits per heavy atom. The van der Waals surface area contributed by atoms with Crippen LogP contribution in [0.2, 0.25) is 0 Å². The van der Waals surface area contributed by atoms with Crippen molar-refractivity contribution in [1.29, 1.82) is 0 Å². The lowest BCUT2D eigenvalue weighted by atomic mass is 10.4. The molecule has 2 aromatic carbocycles. The highest BCUT2D eigenvalue weighted by molar-refractivity contribution is 7.67. The molecule has 1 N–H and O–H groups in total. The SMILES string of the molecule is CCOP(=O)(CC(=O)N(CC)CC)c1ccccc1.CCOP(=O)(O)c1ccccc1. The lowest BCUT2D eigenvalue weighted by Gasteiger charge is -2.23. The average Bonchev–Trinajstić information content (AvgIpc) is 2.76. The number of hydrogen-bond donors (Lipinski definition) is 1. The fourth-order valence-electron chi connectivity index (χ4n) is 2.80. The van der Waals surface area contributed by atoms with Crippen LogP contribution in [0.3, 0.4) is 0 Å². The van der Waals surface area contributed by atoms with E-state index < -0.39 is 15.0 Å². The molecular formula is C22H33NO6P2. The molecule has 1 amide bonds. The molecule has 0 aliphatic heterocycles. The molecule has 2 unspecified atom stereocenters. The molecule has 0 aromatic heterocycles. The molecule has 2 aromatic rings. The summed E-state index contributed by atoms with van der Waals surface area (Å²) in [6.07, 6.45) is -0.0630. The first-order chi connectivity index (χ1) is 14.7. The number of benzene rings is 2. The third-order valence-electron chi connectivity index (χ3n) is 4.33. The summed E-state index contributed by atoms with van der Waals surface area (Å²) in [6.45, 7) is 9.11. The Balaban J connectivity index is 0.000000343. The molecule has 0 spiro atoms. The first-order valence-corrected chi connectivity index (χ1v) is 13.7.